The zero-order chi connectivity index (χ0) is 11.7. The molecule has 2 rings (SSSR count). The molecule has 2 aromatic carbocycles. The standard InChI is InChI=1S/C13H11F2N/c1-8-6-12(15)13(16)7-11(8)9-2-4-10(14)5-3-9/h2-7H,16H2,1H3. The van der Waals surface area contributed by atoms with E-state index in [0.29, 0.717) is 0 Å². The van der Waals surface area contributed by atoms with Crippen LogP contribution in [0.2, 0.25) is 0 Å². The Bertz CT molecular complexity index is 518. The van der Waals surface area contributed by atoms with Crippen LogP contribution in [-0.4, -0.2) is 0 Å². The van der Waals surface area contributed by atoms with E-state index >= 15 is 0 Å². The molecule has 0 aromatic heterocycles. The maximum atomic E-state index is 13.2. The Hall–Kier alpha value is -1.90. The van der Waals surface area contributed by atoms with E-state index in [1.54, 1.807) is 25.1 Å². The molecule has 3 heteroatoms. The van der Waals surface area contributed by atoms with Gasteiger partial charge in [0.2, 0.25) is 0 Å². The number of hydrogen-bond donors (Lipinski definition) is 1. The first-order valence-electron chi connectivity index (χ1n) is 4.89. The third-order valence-corrected chi connectivity index (χ3v) is 2.50. The molecule has 0 radical (unpaired) electrons. The van der Waals surface area contributed by atoms with Gasteiger partial charge in [0.1, 0.15) is 11.6 Å². The van der Waals surface area contributed by atoms with Crippen LogP contribution in [0.1, 0.15) is 5.56 Å². The molecule has 0 aliphatic heterocycles. The van der Waals surface area contributed by atoms with Gasteiger partial charge in [0, 0.05) is 0 Å². The van der Waals surface area contributed by atoms with Crippen LogP contribution in [0.25, 0.3) is 11.1 Å². The number of halogens is 2. The van der Waals surface area contributed by atoms with E-state index in [2.05, 4.69) is 0 Å². The Morgan fingerprint density at radius 3 is 2.25 bits per heavy atom. The number of hydrogen-bond acceptors (Lipinski definition) is 1. The van der Waals surface area contributed by atoms with Crippen molar-refractivity contribution in [2.75, 3.05) is 5.73 Å². The van der Waals surface area contributed by atoms with E-state index in [9.17, 15) is 8.78 Å². The monoisotopic (exact) mass is 219 g/mol. The van der Waals surface area contributed by atoms with Gasteiger partial charge in [0.25, 0.3) is 0 Å². The molecule has 0 fully saturated rings. The molecule has 2 N–H and O–H groups in total. The highest BCUT2D eigenvalue weighted by Gasteiger charge is 2.06. The summed E-state index contributed by atoms with van der Waals surface area (Å²) in [5, 5.41) is 0. The van der Waals surface area contributed by atoms with Crippen LogP contribution in [0, 0.1) is 18.6 Å². The van der Waals surface area contributed by atoms with Crippen molar-refractivity contribution in [2.45, 2.75) is 6.92 Å². The second-order valence-electron chi connectivity index (χ2n) is 3.70. The lowest BCUT2D eigenvalue weighted by Gasteiger charge is -2.08. The highest BCUT2D eigenvalue weighted by atomic mass is 19.1. The lowest BCUT2D eigenvalue weighted by molar-refractivity contribution is 0.627. The van der Waals surface area contributed by atoms with Crippen molar-refractivity contribution in [3.63, 3.8) is 0 Å². The summed E-state index contributed by atoms with van der Waals surface area (Å²) >= 11 is 0. The van der Waals surface area contributed by atoms with E-state index in [0.717, 1.165) is 16.7 Å². The normalized spacial score (nSPS) is 10.4. The average Bonchev–Trinajstić information content (AvgIpc) is 2.25. The fourth-order valence-corrected chi connectivity index (χ4v) is 1.63. The van der Waals surface area contributed by atoms with Gasteiger partial charge in [-0.1, -0.05) is 12.1 Å². The third-order valence-electron chi connectivity index (χ3n) is 2.50. The van der Waals surface area contributed by atoms with Crippen LogP contribution >= 0.6 is 0 Å². The number of anilines is 1. The smallest absolute Gasteiger partial charge is 0.146 e. The van der Waals surface area contributed by atoms with Crippen molar-refractivity contribution >= 4 is 5.69 Å². The molecule has 0 unspecified atom stereocenters. The molecule has 2 aromatic rings. The summed E-state index contributed by atoms with van der Waals surface area (Å²) in [6.45, 7) is 1.79. The summed E-state index contributed by atoms with van der Waals surface area (Å²) in [6, 6.07) is 8.98. The minimum absolute atomic E-state index is 0.102. The third kappa shape index (κ3) is 1.89. The van der Waals surface area contributed by atoms with Crippen molar-refractivity contribution in [3.8, 4) is 11.1 Å². The molecule has 0 spiro atoms. The zero-order valence-corrected chi connectivity index (χ0v) is 8.80. The van der Waals surface area contributed by atoms with Crippen molar-refractivity contribution in [1.82, 2.24) is 0 Å². The summed E-state index contributed by atoms with van der Waals surface area (Å²) in [5.41, 5.74) is 8.03. The number of rotatable bonds is 1. The summed E-state index contributed by atoms with van der Waals surface area (Å²) in [5.74, 6) is -0.722. The molecule has 0 heterocycles. The molecule has 82 valence electrons. The predicted octanol–water partition coefficient (Wildman–Crippen LogP) is 3.52. The van der Waals surface area contributed by atoms with E-state index in [4.69, 9.17) is 5.73 Å². The number of aryl methyl sites for hydroxylation is 1. The highest BCUT2D eigenvalue weighted by Crippen LogP contribution is 2.27. The Morgan fingerprint density at radius 1 is 1.00 bits per heavy atom. The summed E-state index contributed by atoms with van der Waals surface area (Å²) in [4.78, 5) is 0. The second-order valence-corrected chi connectivity index (χ2v) is 3.70. The van der Waals surface area contributed by atoms with Gasteiger partial charge in [0.05, 0.1) is 5.69 Å². The first-order valence-corrected chi connectivity index (χ1v) is 4.89. The van der Waals surface area contributed by atoms with Crippen molar-refractivity contribution in [2.24, 2.45) is 0 Å². The summed E-state index contributed by atoms with van der Waals surface area (Å²) in [7, 11) is 0. The number of nitrogens with two attached hydrogens (primary N) is 1. The lowest BCUT2D eigenvalue weighted by atomic mass is 10.00. The minimum atomic E-state index is -0.427. The van der Waals surface area contributed by atoms with Crippen molar-refractivity contribution in [3.05, 3.63) is 53.6 Å². The molecule has 1 nitrogen and oxygen atoms in total. The van der Waals surface area contributed by atoms with Crippen LogP contribution in [0.4, 0.5) is 14.5 Å². The largest absolute Gasteiger partial charge is 0.396 e. The lowest BCUT2D eigenvalue weighted by Crippen LogP contribution is -1.94. The predicted molar refractivity (Wildman–Crippen MR) is 60.9 cm³/mol. The molecule has 0 amide bonds. The Labute approximate surface area is 92.5 Å². The quantitative estimate of drug-likeness (QED) is 0.729. The van der Waals surface area contributed by atoms with Gasteiger partial charge in [-0.25, -0.2) is 8.78 Å². The summed E-state index contributed by atoms with van der Waals surface area (Å²) < 4.78 is 25.9. The molecule has 16 heavy (non-hydrogen) atoms. The fourth-order valence-electron chi connectivity index (χ4n) is 1.63. The van der Waals surface area contributed by atoms with Gasteiger partial charge in [-0.15, -0.1) is 0 Å². The van der Waals surface area contributed by atoms with Gasteiger partial charge in [0.15, 0.2) is 0 Å². The highest BCUT2D eigenvalue weighted by molar-refractivity contribution is 5.71. The molecular formula is C13H11F2N. The SMILES string of the molecule is Cc1cc(F)c(N)cc1-c1ccc(F)cc1. The molecule has 0 saturated carbocycles. The van der Waals surface area contributed by atoms with Crippen LogP contribution in [0.15, 0.2) is 36.4 Å². The number of benzene rings is 2. The molecule has 0 atom stereocenters. The Balaban J connectivity index is 2.56. The Morgan fingerprint density at radius 2 is 1.62 bits per heavy atom. The van der Waals surface area contributed by atoms with E-state index < -0.39 is 5.82 Å². The van der Waals surface area contributed by atoms with Gasteiger partial charge >= 0.3 is 0 Å². The fraction of sp³-hybridized carbons (Fsp3) is 0.0769. The van der Waals surface area contributed by atoms with E-state index in [1.807, 2.05) is 0 Å². The topological polar surface area (TPSA) is 26.0 Å². The van der Waals surface area contributed by atoms with Crippen LogP contribution in [0.3, 0.4) is 0 Å². The van der Waals surface area contributed by atoms with Gasteiger partial charge < -0.3 is 5.73 Å². The van der Waals surface area contributed by atoms with Crippen molar-refractivity contribution < 1.29 is 8.78 Å². The van der Waals surface area contributed by atoms with Crippen molar-refractivity contribution in [1.29, 1.82) is 0 Å². The van der Waals surface area contributed by atoms with Crippen LogP contribution in [-0.2, 0) is 0 Å². The maximum Gasteiger partial charge on any atom is 0.146 e. The first kappa shape index (κ1) is 10.6. The zero-order valence-electron chi connectivity index (χ0n) is 8.80. The van der Waals surface area contributed by atoms with Crippen LogP contribution in [0.5, 0.6) is 0 Å². The molecule has 0 aliphatic rings. The van der Waals surface area contributed by atoms with Gasteiger partial charge in [-0.05, 0) is 47.9 Å². The average molecular weight is 219 g/mol. The molecule has 0 saturated heterocycles. The summed E-state index contributed by atoms with van der Waals surface area (Å²) in [6.07, 6.45) is 0. The molecular weight excluding hydrogens is 208 g/mol. The second kappa shape index (κ2) is 3.93. The maximum absolute atomic E-state index is 13.2. The van der Waals surface area contributed by atoms with E-state index in [1.165, 1.54) is 18.2 Å². The van der Waals surface area contributed by atoms with Gasteiger partial charge in [-0.2, -0.15) is 0 Å². The first-order chi connectivity index (χ1) is 7.58. The van der Waals surface area contributed by atoms with Crippen LogP contribution < -0.4 is 5.73 Å². The van der Waals surface area contributed by atoms with E-state index in [-0.39, 0.29) is 11.5 Å². The minimum Gasteiger partial charge on any atom is -0.396 e. The molecule has 0 aliphatic carbocycles. The molecule has 0 bridgehead atoms. The number of nitrogen functional groups attached to an aromatic ring is 1. The Kier molecular flexibility index (Phi) is 2.60. The van der Waals surface area contributed by atoms with Gasteiger partial charge in [-0.3, -0.25) is 0 Å².